The number of likely N-dealkylation sites (N-methyl/N-ethyl adjacent to an activating group) is 1. The van der Waals surface area contributed by atoms with Crippen LogP contribution in [0.1, 0.15) is 18.1 Å². The molecule has 1 saturated heterocycles. The summed E-state index contributed by atoms with van der Waals surface area (Å²) < 4.78 is 0. The van der Waals surface area contributed by atoms with Gasteiger partial charge in [-0.15, -0.1) is 0 Å². The Morgan fingerprint density at radius 3 is 2.52 bits per heavy atom. The van der Waals surface area contributed by atoms with Crippen LogP contribution in [0.15, 0.2) is 48.5 Å². The molecule has 0 atom stereocenters. The minimum absolute atomic E-state index is 0.0121. The Balaban J connectivity index is 1.41. The molecule has 31 heavy (non-hydrogen) atoms. The Hall–Kier alpha value is -2.41. The van der Waals surface area contributed by atoms with Crippen molar-refractivity contribution < 1.29 is 9.59 Å². The molecule has 2 aromatic carbocycles. The van der Waals surface area contributed by atoms with Gasteiger partial charge in [0.1, 0.15) is 0 Å². The summed E-state index contributed by atoms with van der Waals surface area (Å²) in [6.45, 7) is 6.14. The quantitative estimate of drug-likeness (QED) is 0.682. The number of hydrogen-bond acceptors (Lipinski definition) is 4. The number of hydrogen-bond donors (Lipinski definition) is 1. The molecule has 0 aliphatic carbocycles. The van der Waals surface area contributed by atoms with Crippen LogP contribution in [0.2, 0.25) is 5.02 Å². The van der Waals surface area contributed by atoms with Gasteiger partial charge in [0.25, 0.3) is 0 Å². The Morgan fingerprint density at radius 2 is 1.81 bits per heavy atom. The van der Waals surface area contributed by atoms with Crippen molar-refractivity contribution in [1.29, 1.82) is 0 Å². The molecule has 1 heterocycles. The Morgan fingerprint density at radius 1 is 1.06 bits per heavy atom. The lowest BCUT2D eigenvalue weighted by Crippen LogP contribution is -2.52. The van der Waals surface area contributed by atoms with Crippen LogP contribution >= 0.6 is 11.6 Å². The summed E-state index contributed by atoms with van der Waals surface area (Å²) in [6.07, 6.45) is 0.878. The first-order valence-electron chi connectivity index (χ1n) is 10.8. The number of halogens is 1. The second kappa shape index (κ2) is 11.3. The summed E-state index contributed by atoms with van der Waals surface area (Å²) in [7, 11) is 1.94. The van der Waals surface area contributed by atoms with E-state index in [1.165, 1.54) is 0 Å². The molecule has 0 unspecified atom stereocenters. The van der Waals surface area contributed by atoms with Gasteiger partial charge in [-0.3, -0.25) is 19.4 Å². The summed E-state index contributed by atoms with van der Waals surface area (Å²) in [6, 6.07) is 15.6. The fraction of sp³-hybridized carbons (Fsp3) is 0.417. The molecule has 3 rings (SSSR count). The lowest BCUT2D eigenvalue weighted by Gasteiger charge is -2.35. The molecule has 1 N–H and O–H groups in total. The third-order valence-electron chi connectivity index (χ3n) is 5.51. The van der Waals surface area contributed by atoms with E-state index in [0.717, 1.165) is 23.2 Å². The largest absolute Gasteiger partial charge is 0.339 e. The minimum atomic E-state index is -0.0121. The summed E-state index contributed by atoms with van der Waals surface area (Å²) in [5, 5.41) is 3.72. The Labute approximate surface area is 189 Å². The van der Waals surface area contributed by atoms with Crippen molar-refractivity contribution in [2.75, 3.05) is 51.6 Å². The maximum atomic E-state index is 12.7. The van der Waals surface area contributed by atoms with Crippen molar-refractivity contribution in [3.8, 4) is 0 Å². The molecule has 7 heteroatoms. The molecular formula is C24H31ClN4O2. The first-order chi connectivity index (χ1) is 14.9. The zero-order chi connectivity index (χ0) is 22.2. The highest BCUT2D eigenvalue weighted by atomic mass is 35.5. The summed E-state index contributed by atoms with van der Waals surface area (Å²) in [5.74, 6) is 0.104. The predicted molar refractivity (Wildman–Crippen MR) is 125 cm³/mol. The zero-order valence-electron chi connectivity index (χ0n) is 18.3. The van der Waals surface area contributed by atoms with Crippen LogP contribution in [0.5, 0.6) is 0 Å². The van der Waals surface area contributed by atoms with Gasteiger partial charge in [-0.05, 0) is 42.8 Å². The molecule has 0 radical (unpaired) electrons. The number of nitrogens with zero attached hydrogens (tertiary/aromatic N) is 3. The molecule has 2 aromatic rings. The topological polar surface area (TPSA) is 55.9 Å². The van der Waals surface area contributed by atoms with Gasteiger partial charge in [0.2, 0.25) is 11.8 Å². The fourth-order valence-electron chi connectivity index (χ4n) is 3.83. The lowest BCUT2D eigenvalue weighted by atomic mass is 10.1. The van der Waals surface area contributed by atoms with E-state index in [2.05, 4.69) is 17.1 Å². The van der Waals surface area contributed by atoms with E-state index >= 15 is 0 Å². The average Bonchev–Trinajstić information content (AvgIpc) is 2.74. The van der Waals surface area contributed by atoms with Crippen LogP contribution in [0, 0.1) is 0 Å². The average molecular weight is 443 g/mol. The Bertz CT molecular complexity index is 897. The van der Waals surface area contributed by atoms with Crippen molar-refractivity contribution in [3.63, 3.8) is 0 Å². The second-order valence-corrected chi connectivity index (χ2v) is 8.45. The smallest absolute Gasteiger partial charge is 0.238 e. The first-order valence-corrected chi connectivity index (χ1v) is 11.1. The number of carbonyl (C=O) groups excluding carboxylic acids is 2. The minimum Gasteiger partial charge on any atom is -0.339 e. The highest BCUT2D eigenvalue weighted by molar-refractivity contribution is 6.30. The van der Waals surface area contributed by atoms with Crippen LogP contribution in [0.4, 0.5) is 5.69 Å². The van der Waals surface area contributed by atoms with E-state index in [0.29, 0.717) is 50.8 Å². The van der Waals surface area contributed by atoms with Crippen molar-refractivity contribution >= 4 is 29.1 Å². The number of rotatable bonds is 8. The Kier molecular flexibility index (Phi) is 8.46. The third kappa shape index (κ3) is 7.06. The standard InChI is InChI=1S/C24H31ClN4O2/c1-3-20-8-4-5-10-22(20)26-23(30)17-28-11-13-29(14-12-28)24(31)18-27(2)16-19-7-6-9-21(25)15-19/h4-10,15H,3,11-14,16-18H2,1-2H3,(H,26,30). The van der Waals surface area contributed by atoms with E-state index in [1.807, 2.05) is 65.4 Å². The molecule has 166 valence electrons. The van der Waals surface area contributed by atoms with Crippen molar-refractivity contribution in [1.82, 2.24) is 14.7 Å². The van der Waals surface area contributed by atoms with Crippen molar-refractivity contribution in [2.24, 2.45) is 0 Å². The molecular weight excluding hydrogens is 412 g/mol. The van der Waals surface area contributed by atoms with Crippen molar-refractivity contribution in [3.05, 3.63) is 64.7 Å². The molecule has 1 aliphatic rings. The first kappa shape index (κ1) is 23.3. The van der Waals surface area contributed by atoms with Gasteiger partial charge >= 0.3 is 0 Å². The van der Waals surface area contributed by atoms with E-state index in [-0.39, 0.29) is 11.8 Å². The number of para-hydroxylation sites is 1. The highest BCUT2D eigenvalue weighted by Gasteiger charge is 2.23. The number of amides is 2. The number of carbonyl (C=O) groups is 2. The molecule has 0 saturated carbocycles. The zero-order valence-corrected chi connectivity index (χ0v) is 19.1. The van der Waals surface area contributed by atoms with Crippen LogP contribution in [-0.4, -0.2) is 72.8 Å². The number of anilines is 1. The third-order valence-corrected chi connectivity index (χ3v) is 5.75. The maximum Gasteiger partial charge on any atom is 0.238 e. The molecule has 0 aromatic heterocycles. The van der Waals surface area contributed by atoms with Crippen LogP contribution in [0.3, 0.4) is 0 Å². The van der Waals surface area contributed by atoms with Crippen molar-refractivity contribution in [2.45, 2.75) is 19.9 Å². The second-order valence-electron chi connectivity index (χ2n) is 8.02. The van der Waals surface area contributed by atoms with Crippen LogP contribution in [-0.2, 0) is 22.6 Å². The number of aryl methyl sites for hydroxylation is 1. The molecule has 1 aliphatic heterocycles. The molecule has 0 spiro atoms. The summed E-state index contributed by atoms with van der Waals surface area (Å²) >= 11 is 6.04. The summed E-state index contributed by atoms with van der Waals surface area (Å²) in [4.78, 5) is 31.1. The predicted octanol–water partition coefficient (Wildman–Crippen LogP) is 3.12. The van der Waals surface area contributed by atoms with Gasteiger partial charge in [-0.2, -0.15) is 0 Å². The fourth-order valence-corrected chi connectivity index (χ4v) is 4.05. The lowest BCUT2D eigenvalue weighted by molar-refractivity contribution is -0.134. The highest BCUT2D eigenvalue weighted by Crippen LogP contribution is 2.16. The van der Waals surface area contributed by atoms with Gasteiger partial charge in [0.15, 0.2) is 0 Å². The van der Waals surface area contributed by atoms with E-state index < -0.39 is 0 Å². The van der Waals surface area contributed by atoms with E-state index in [9.17, 15) is 9.59 Å². The van der Waals surface area contributed by atoms with E-state index in [1.54, 1.807) is 0 Å². The van der Waals surface area contributed by atoms with Gasteiger partial charge in [-0.1, -0.05) is 48.9 Å². The number of piperazine rings is 1. The normalized spacial score (nSPS) is 14.6. The molecule has 6 nitrogen and oxygen atoms in total. The maximum absolute atomic E-state index is 12.7. The summed E-state index contributed by atoms with van der Waals surface area (Å²) in [5.41, 5.74) is 3.10. The molecule has 1 fully saturated rings. The SMILES string of the molecule is CCc1ccccc1NC(=O)CN1CCN(C(=O)CN(C)Cc2cccc(Cl)c2)CC1. The number of benzene rings is 2. The van der Waals surface area contributed by atoms with Crippen LogP contribution in [0.25, 0.3) is 0 Å². The van der Waals surface area contributed by atoms with Gasteiger partial charge in [0, 0.05) is 43.4 Å². The van der Waals surface area contributed by atoms with Gasteiger partial charge in [0.05, 0.1) is 13.1 Å². The molecule has 2 amide bonds. The van der Waals surface area contributed by atoms with Gasteiger partial charge in [-0.25, -0.2) is 0 Å². The van der Waals surface area contributed by atoms with Crippen LogP contribution < -0.4 is 5.32 Å². The molecule has 0 bridgehead atoms. The monoisotopic (exact) mass is 442 g/mol. The number of nitrogens with one attached hydrogen (secondary N) is 1. The van der Waals surface area contributed by atoms with Gasteiger partial charge < -0.3 is 10.2 Å². The van der Waals surface area contributed by atoms with E-state index in [4.69, 9.17) is 11.6 Å².